The van der Waals surface area contributed by atoms with Crippen molar-refractivity contribution in [3.05, 3.63) is 29.8 Å². The number of carbonyl (C=O) groups excluding carboxylic acids is 2. The molecule has 0 aliphatic carbocycles. The maximum Gasteiger partial charge on any atom is 0.224 e. The van der Waals surface area contributed by atoms with Crippen molar-refractivity contribution in [2.24, 2.45) is 0 Å². The number of benzene rings is 1. The van der Waals surface area contributed by atoms with Crippen LogP contribution in [0.3, 0.4) is 0 Å². The number of ether oxygens (including phenoxy) is 2. The molecule has 0 bridgehead atoms. The lowest BCUT2D eigenvalue weighted by molar-refractivity contribution is -0.124. The van der Waals surface area contributed by atoms with Gasteiger partial charge in [0.25, 0.3) is 0 Å². The predicted molar refractivity (Wildman–Crippen MR) is 119 cm³/mol. The van der Waals surface area contributed by atoms with Crippen molar-refractivity contribution in [3.63, 3.8) is 0 Å². The number of morpholine rings is 1. The number of anilines is 2. The molecule has 0 radical (unpaired) electrons. The third kappa shape index (κ3) is 5.71. The molecular formula is C23H30N4O4. The second-order valence-corrected chi connectivity index (χ2v) is 8.12. The van der Waals surface area contributed by atoms with Gasteiger partial charge in [-0.2, -0.15) is 0 Å². The Balaban J connectivity index is 1.32. The number of aromatic nitrogens is 1. The highest BCUT2D eigenvalue weighted by molar-refractivity contribution is 5.96. The minimum atomic E-state index is -0.179. The zero-order valence-electron chi connectivity index (χ0n) is 18.0. The first kappa shape index (κ1) is 21.5. The molecule has 8 heteroatoms. The van der Waals surface area contributed by atoms with Crippen LogP contribution in [0.2, 0.25) is 0 Å². The monoisotopic (exact) mass is 426 g/mol. The Morgan fingerprint density at radius 2 is 1.94 bits per heavy atom. The van der Waals surface area contributed by atoms with Gasteiger partial charge in [-0.1, -0.05) is 0 Å². The smallest absolute Gasteiger partial charge is 0.224 e. The maximum absolute atomic E-state index is 12.3. The van der Waals surface area contributed by atoms with E-state index in [0.717, 1.165) is 68.0 Å². The van der Waals surface area contributed by atoms with Gasteiger partial charge in [0, 0.05) is 50.2 Å². The molecule has 2 amide bonds. The number of aryl methyl sites for hydroxylation is 1. The van der Waals surface area contributed by atoms with Gasteiger partial charge in [-0.3, -0.25) is 9.59 Å². The van der Waals surface area contributed by atoms with Crippen LogP contribution in [-0.4, -0.2) is 62.4 Å². The van der Waals surface area contributed by atoms with E-state index in [1.54, 1.807) is 0 Å². The minimum Gasteiger partial charge on any atom is -0.378 e. The molecule has 1 aromatic carbocycles. The molecule has 2 aliphatic heterocycles. The fourth-order valence-corrected chi connectivity index (χ4v) is 3.98. The molecule has 4 rings (SSSR count). The van der Waals surface area contributed by atoms with Gasteiger partial charge < -0.3 is 25.0 Å². The summed E-state index contributed by atoms with van der Waals surface area (Å²) in [5.74, 6) is 0.654. The number of amides is 2. The summed E-state index contributed by atoms with van der Waals surface area (Å²) in [6.45, 7) is 6.45. The first-order valence-electron chi connectivity index (χ1n) is 11.0. The Bertz CT molecular complexity index is 937. The number of nitrogens with zero attached hydrogens (tertiary/aromatic N) is 2. The van der Waals surface area contributed by atoms with E-state index in [1.165, 1.54) is 0 Å². The quantitative estimate of drug-likeness (QED) is 0.706. The molecule has 166 valence electrons. The van der Waals surface area contributed by atoms with Crippen molar-refractivity contribution in [2.75, 3.05) is 49.7 Å². The number of fused-ring (bicyclic) bond motifs is 1. The fraction of sp³-hybridized carbons (Fsp3) is 0.522. The van der Waals surface area contributed by atoms with Gasteiger partial charge in [-0.25, -0.2) is 4.98 Å². The number of carbonyl (C=O) groups is 2. The van der Waals surface area contributed by atoms with E-state index < -0.39 is 0 Å². The van der Waals surface area contributed by atoms with Crippen molar-refractivity contribution in [1.82, 2.24) is 10.3 Å². The summed E-state index contributed by atoms with van der Waals surface area (Å²) >= 11 is 0. The Morgan fingerprint density at radius 3 is 2.71 bits per heavy atom. The van der Waals surface area contributed by atoms with Gasteiger partial charge in [0.1, 0.15) is 5.82 Å². The summed E-state index contributed by atoms with van der Waals surface area (Å²) in [4.78, 5) is 31.3. The maximum atomic E-state index is 12.3. The van der Waals surface area contributed by atoms with Crippen LogP contribution in [0, 0.1) is 6.92 Å². The van der Waals surface area contributed by atoms with Crippen LogP contribution in [0.15, 0.2) is 24.3 Å². The molecule has 2 saturated heterocycles. The third-order valence-corrected chi connectivity index (χ3v) is 5.75. The zero-order valence-corrected chi connectivity index (χ0v) is 18.0. The normalized spacial score (nSPS) is 18.9. The molecule has 2 aliphatic rings. The topological polar surface area (TPSA) is 92.8 Å². The number of hydrogen-bond donors (Lipinski definition) is 2. The van der Waals surface area contributed by atoms with Gasteiger partial charge in [0.05, 0.1) is 24.8 Å². The molecule has 1 unspecified atom stereocenters. The standard InChI is InChI=1S/C23H30N4O4/c1-16-13-21(27-8-11-30-12-9-27)26-20-5-4-17(14-19(16)20)25-23(29)7-6-22(28)24-15-18-3-2-10-31-18/h4-5,13-14,18H,2-3,6-12,15H2,1H3,(H,24,28)(H,25,29). The first-order valence-corrected chi connectivity index (χ1v) is 11.0. The molecule has 1 aromatic heterocycles. The summed E-state index contributed by atoms with van der Waals surface area (Å²) in [6, 6.07) is 7.80. The lowest BCUT2D eigenvalue weighted by atomic mass is 10.1. The van der Waals surface area contributed by atoms with Crippen molar-refractivity contribution in [1.29, 1.82) is 0 Å². The van der Waals surface area contributed by atoms with E-state index in [2.05, 4.69) is 28.5 Å². The van der Waals surface area contributed by atoms with E-state index in [9.17, 15) is 9.59 Å². The van der Waals surface area contributed by atoms with Gasteiger partial charge in [-0.15, -0.1) is 0 Å². The van der Waals surface area contributed by atoms with Gasteiger partial charge in [0.15, 0.2) is 0 Å². The lowest BCUT2D eigenvalue weighted by Gasteiger charge is -2.28. The Morgan fingerprint density at radius 1 is 1.13 bits per heavy atom. The number of hydrogen-bond acceptors (Lipinski definition) is 6. The summed E-state index contributed by atoms with van der Waals surface area (Å²) < 4.78 is 10.9. The van der Waals surface area contributed by atoms with E-state index in [-0.39, 0.29) is 30.8 Å². The minimum absolute atomic E-state index is 0.107. The Labute approximate surface area is 182 Å². The van der Waals surface area contributed by atoms with Crippen LogP contribution in [0.5, 0.6) is 0 Å². The van der Waals surface area contributed by atoms with Crippen LogP contribution in [0.1, 0.15) is 31.2 Å². The molecule has 8 nitrogen and oxygen atoms in total. The van der Waals surface area contributed by atoms with E-state index in [0.29, 0.717) is 12.2 Å². The number of nitrogens with one attached hydrogen (secondary N) is 2. The lowest BCUT2D eigenvalue weighted by Crippen LogP contribution is -2.36. The van der Waals surface area contributed by atoms with E-state index in [1.807, 2.05) is 18.2 Å². The summed E-state index contributed by atoms with van der Waals surface area (Å²) in [6.07, 6.45) is 2.43. The molecule has 0 saturated carbocycles. The molecular weight excluding hydrogens is 396 g/mol. The van der Waals surface area contributed by atoms with Crippen LogP contribution in [0.4, 0.5) is 11.5 Å². The van der Waals surface area contributed by atoms with Crippen LogP contribution in [-0.2, 0) is 19.1 Å². The summed E-state index contributed by atoms with van der Waals surface area (Å²) in [7, 11) is 0. The van der Waals surface area contributed by atoms with Crippen molar-refractivity contribution in [3.8, 4) is 0 Å². The molecule has 2 fully saturated rings. The number of pyridine rings is 1. The Hall–Kier alpha value is -2.71. The van der Waals surface area contributed by atoms with E-state index >= 15 is 0 Å². The molecule has 0 spiro atoms. The summed E-state index contributed by atoms with van der Waals surface area (Å²) in [5.41, 5.74) is 2.71. The SMILES string of the molecule is Cc1cc(N2CCOCC2)nc2ccc(NC(=O)CCC(=O)NCC3CCCO3)cc12. The van der Waals surface area contributed by atoms with Crippen LogP contribution < -0.4 is 15.5 Å². The van der Waals surface area contributed by atoms with Crippen molar-refractivity contribution in [2.45, 2.75) is 38.7 Å². The molecule has 2 aromatic rings. The Kier molecular flexibility index (Phi) is 6.99. The highest BCUT2D eigenvalue weighted by Gasteiger charge is 2.17. The zero-order chi connectivity index (χ0) is 21.6. The highest BCUT2D eigenvalue weighted by atomic mass is 16.5. The first-order chi connectivity index (χ1) is 15.1. The van der Waals surface area contributed by atoms with Gasteiger partial charge >= 0.3 is 0 Å². The van der Waals surface area contributed by atoms with Gasteiger partial charge in [-0.05, 0) is 49.6 Å². The van der Waals surface area contributed by atoms with E-state index in [4.69, 9.17) is 14.5 Å². The number of rotatable bonds is 7. The van der Waals surface area contributed by atoms with Crippen molar-refractivity contribution >= 4 is 34.2 Å². The molecule has 31 heavy (non-hydrogen) atoms. The average molecular weight is 427 g/mol. The van der Waals surface area contributed by atoms with Gasteiger partial charge in [0.2, 0.25) is 11.8 Å². The largest absolute Gasteiger partial charge is 0.378 e. The summed E-state index contributed by atoms with van der Waals surface area (Å²) in [5, 5.41) is 6.74. The predicted octanol–water partition coefficient (Wildman–Crippen LogP) is 2.39. The van der Waals surface area contributed by atoms with Crippen LogP contribution in [0.25, 0.3) is 10.9 Å². The van der Waals surface area contributed by atoms with Crippen molar-refractivity contribution < 1.29 is 19.1 Å². The fourth-order valence-electron chi connectivity index (χ4n) is 3.98. The molecule has 2 N–H and O–H groups in total. The second kappa shape index (κ2) is 10.1. The third-order valence-electron chi connectivity index (χ3n) is 5.75. The average Bonchev–Trinajstić information content (AvgIpc) is 3.31. The van der Waals surface area contributed by atoms with Crippen LogP contribution >= 0.6 is 0 Å². The molecule has 3 heterocycles. The highest BCUT2D eigenvalue weighted by Crippen LogP contribution is 2.26. The second-order valence-electron chi connectivity index (χ2n) is 8.12. The molecule has 1 atom stereocenters.